The molecule has 35 heavy (non-hydrogen) atoms. The Bertz CT molecular complexity index is 1270. The van der Waals surface area contributed by atoms with Crippen LogP contribution in [0.3, 0.4) is 0 Å². The molecule has 0 bridgehead atoms. The number of amides is 2. The van der Waals surface area contributed by atoms with E-state index < -0.39 is 5.54 Å². The average molecular weight is 495 g/mol. The second-order valence-corrected chi connectivity index (χ2v) is 10.2. The quantitative estimate of drug-likeness (QED) is 0.378. The Balaban J connectivity index is 1.46. The molecule has 10 heteroatoms. The summed E-state index contributed by atoms with van der Waals surface area (Å²) in [5.41, 5.74) is 2.43. The molecule has 4 rings (SSSR count). The molecule has 2 heterocycles. The van der Waals surface area contributed by atoms with Crippen molar-refractivity contribution < 1.29 is 14.3 Å². The summed E-state index contributed by atoms with van der Waals surface area (Å²) in [6.45, 7) is 9.82. The molecule has 184 valence electrons. The second-order valence-electron chi connectivity index (χ2n) is 9.30. The number of aryl methyl sites for hydroxylation is 1. The predicted molar refractivity (Wildman–Crippen MR) is 137 cm³/mol. The van der Waals surface area contributed by atoms with Crippen molar-refractivity contribution in [1.82, 2.24) is 14.9 Å². The summed E-state index contributed by atoms with van der Waals surface area (Å²) in [7, 11) is 0. The Hall–Kier alpha value is -3.53. The molecule has 1 aromatic heterocycles. The Labute approximate surface area is 209 Å². The molecule has 1 aliphatic heterocycles. The third-order valence-corrected chi connectivity index (χ3v) is 6.89. The molecular formula is C25H30N6O3S. The molecule has 0 radical (unpaired) electrons. The maximum absolute atomic E-state index is 13.3. The van der Waals surface area contributed by atoms with E-state index in [1.54, 1.807) is 19.9 Å². The maximum Gasteiger partial charge on any atom is 0.250 e. The van der Waals surface area contributed by atoms with E-state index in [0.717, 1.165) is 28.6 Å². The van der Waals surface area contributed by atoms with E-state index >= 15 is 0 Å². The molecular weight excluding hydrogens is 464 g/mol. The standard InChI is InChI=1S/C25H30N6O3S/c1-15(2)17-11-10-16(3)12-20(17)34-13-21-28-29-24(31(21)26)35-14-22(32)30-19-9-7-6-8-18(19)27-23(33)25(30,4)5/h6-12,15H,13-14,26H2,1-5H3,(H,27,33). The van der Waals surface area contributed by atoms with E-state index in [1.165, 1.54) is 9.58 Å². The van der Waals surface area contributed by atoms with Crippen LogP contribution in [0.2, 0.25) is 0 Å². The van der Waals surface area contributed by atoms with E-state index in [2.05, 4.69) is 41.5 Å². The Morgan fingerprint density at radius 2 is 1.94 bits per heavy atom. The normalized spacial score (nSPS) is 14.6. The van der Waals surface area contributed by atoms with Gasteiger partial charge in [0.15, 0.2) is 5.82 Å². The first-order valence-corrected chi connectivity index (χ1v) is 12.4. The third kappa shape index (κ3) is 4.84. The van der Waals surface area contributed by atoms with Gasteiger partial charge in [0.25, 0.3) is 0 Å². The molecule has 0 saturated carbocycles. The number of carbonyl (C=O) groups is 2. The van der Waals surface area contributed by atoms with Gasteiger partial charge in [-0.2, -0.15) is 0 Å². The van der Waals surface area contributed by atoms with Gasteiger partial charge in [-0.15, -0.1) is 10.2 Å². The highest BCUT2D eigenvalue weighted by molar-refractivity contribution is 7.99. The van der Waals surface area contributed by atoms with Gasteiger partial charge >= 0.3 is 0 Å². The molecule has 2 amide bonds. The van der Waals surface area contributed by atoms with Crippen LogP contribution in [-0.2, 0) is 16.2 Å². The molecule has 0 fully saturated rings. The molecule has 0 atom stereocenters. The number of aromatic nitrogens is 3. The lowest BCUT2D eigenvalue weighted by atomic mass is 9.96. The average Bonchev–Trinajstić information content (AvgIpc) is 3.15. The van der Waals surface area contributed by atoms with Crippen LogP contribution >= 0.6 is 11.8 Å². The van der Waals surface area contributed by atoms with Crippen molar-refractivity contribution in [3.05, 3.63) is 59.4 Å². The van der Waals surface area contributed by atoms with Crippen molar-refractivity contribution in [2.45, 2.75) is 57.8 Å². The zero-order valence-electron chi connectivity index (χ0n) is 20.5. The molecule has 0 saturated heterocycles. The fourth-order valence-corrected chi connectivity index (χ4v) is 4.70. The number of benzene rings is 2. The van der Waals surface area contributed by atoms with Gasteiger partial charge in [0.2, 0.25) is 17.0 Å². The topological polar surface area (TPSA) is 115 Å². The van der Waals surface area contributed by atoms with Gasteiger partial charge in [-0.05, 0) is 56.0 Å². The summed E-state index contributed by atoms with van der Waals surface area (Å²) in [4.78, 5) is 27.4. The molecule has 0 spiro atoms. The Kier molecular flexibility index (Phi) is 6.75. The summed E-state index contributed by atoms with van der Waals surface area (Å²) in [6, 6.07) is 13.4. The summed E-state index contributed by atoms with van der Waals surface area (Å²) < 4.78 is 7.36. The van der Waals surface area contributed by atoms with Gasteiger partial charge in [0, 0.05) is 0 Å². The molecule has 2 aromatic carbocycles. The first kappa shape index (κ1) is 24.6. The number of fused-ring (bicyclic) bond motifs is 1. The van der Waals surface area contributed by atoms with Crippen LogP contribution in [0.5, 0.6) is 5.75 Å². The highest BCUT2D eigenvalue weighted by atomic mass is 32.2. The second kappa shape index (κ2) is 9.61. The van der Waals surface area contributed by atoms with Gasteiger partial charge in [-0.1, -0.05) is 49.9 Å². The minimum absolute atomic E-state index is 0.0383. The number of carbonyl (C=O) groups excluding carboxylic acids is 2. The molecule has 1 aliphatic rings. The van der Waals surface area contributed by atoms with Crippen molar-refractivity contribution in [2.75, 3.05) is 21.8 Å². The van der Waals surface area contributed by atoms with Gasteiger partial charge in [-0.25, -0.2) is 4.68 Å². The van der Waals surface area contributed by atoms with Crippen molar-refractivity contribution in [2.24, 2.45) is 0 Å². The fourth-order valence-electron chi connectivity index (χ4n) is 3.98. The van der Waals surface area contributed by atoms with Crippen molar-refractivity contribution >= 4 is 35.0 Å². The number of hydrogen-bond acceptors (Lipinski definition) is 7. The number of para-hydroxylation sites is 2. The zero-order valence-corrected chi connectivity index (χ0v) is 21.3. The number of nitrogen functional groups attached to an aromatic ring is 1. The number of thioether (sulfide) groups is 1. The van der Waals surface area contributed by atoms with Crippen LogP contribution in [0.15, 0.2) is 47.6 Å². The highest BCUT2D eigenvalue weighted by Crippen LogP contribution is 2.37. The minimum atomic E-state index is -1.04. The van der Waals surface area contributed by atoms with Crippen molar-refractivity contribution in [3.8, 4) is 5.75 Å². The van der Waals surface area contributed by atoms with E-state index in [1.807, 2.05) is 31.2 Å². The monoisotopic (exact) mass is 494 g/mol. The van der Waals surface area contributed by atoms with E-state index in [4.69, 9.17) is 10.6 Å². The lowest BCUT2D eigenvalue weighted by Gasteiger charge is -2.42. The summed E-state index contributed by atoms with van der Waals surface area (Å²) in [6.07, 6.45) is 0. The molecule has 3 aromatic rings. The fraction of sp³-hybridized carbons (Fsp3) is 0.360. The predicted octanol–water partition coefficient (Wildman–Crippen LogP) is 3.86. The van der Waals surface area contributed by atoms with Crippen molar-refractivity contribution in [3.63, 3.8) is 0 Å². The molecule has 0 unspecified atom stereocenters. The number of rotatable bonds is 7. The van der Waals surface area contributed by atoms with E-state index in [-0.39, 0.29) is 24.2 Å². The number of ether oxygens (including phenoxy) is 1. The van der Waals surface area contributed by atoms with E-state index in [9.17, 15) is 9.59 Å². The Morgan fingerprint density at radius 1 is 1.20 bits per heavy atom. The van der Waals surface area contributed by atoms with Gasteiger partial charge in [-0.3, -0.25) is 14.5 Å². The lowest BCUT2D eigenvalue weighted by Crippen LogP contribution is -2.59. The van der Waals surface area contributed by atoms with Crippen LogP contribution in [0, 0.1) is 6.92 Å². The number of nitrogens with one attached hydrogen (secondary N) is 1. The van der Waals surface area contributed by atoms with Gasteiger partial charge in [0.1, 0.15) is 17.9 Å². The number of anilines is 2. The van der Waals surface area contributed by atoms with Gasteiger partial charge < -0.3 is 15.9 Å². The summed E-state index contributed by atoms with van der Waals surface area (Å²) in [5.74, 6) is 7.32. The molecule has 9 nitrogen and oxygen atoms in total. The largest absolute Gasteiger partial charge is 0.485 e. The van der Waals surface area contributed by atoms with Crippen LogP contribution in [0.25, 0.3) is 0 Å². The summed E-state index contributed by atoms with van der Waals surface area (Å²) in [5, 5.41) is 11.5. The van der Waals surface area contributed by atoms with Crippen LogP contribution < -0.4 is 20.8 Å². The van der Waals surface area contributed by atoms with Gasteiger partial charge in [0.05, 0.1) is 17.1 Å². The summed E-state index contributed by atoms with van der Waals surface area (Å²) >= 11 is 1.16. The highest BCUT2D eigenvalue weighted by Gasteiger charge is 2.43. The lowest BCUT2D eigenvalue weighted by molar-refractivity contribution is -0.125. The molecule has 3 N–H and O–H groups in total. The zero-order chi connectivity index (χ0) is 25.3. The number of hydrogen-bond donors (Lipinski definition) is 2. The first-order valence-electron chi connectivity index (χ1n) is 11.4. The number of nitrogens with two attached hydrogens (primary N) is 1. The minimum Gasteiger partial charge on any atom is -0.485 e. The SMILES string of the molecule is Cc1ccc(C(C)C)c(OCc2nnc(SCC(=O)N3c4ccccc4NC(=O)C3(C)C)n2N)c1. The third-order valence-electron chi connectivity index (χ3n) is 5.96. The van der Waals surface area contributed by atoms with E-state index in [0.29, 0.717) is 28.3 Å². The Morgan fingerprint density at radius 3 is 2.69 bits per heavy atom. The number of nitrogens with zero attached hydrogens (tertiary/aromatic N) is 4. The van der Waals surface area contributed by atoms with Crippen LogP contribution in [0.1, 0.15) is 50.6 Å². The molecule has 0 aliphatic carbocycles. The van der Waals surface area contributed by atoms with Crippen LogP contribution in [0.4, 0.5) is 11.4 Å². The van der Waals surface area contributed by atoms with Crippen LogP contribution in [-0.4, -0.2) is 38.0 Å². The van der Waals surface area contributed by atoms with Crippen molar-refractivity contribution in [1.29, 1.82) is 0 Å². The first-order chi connectivity index (χ1) is 16.6. The smallest absolute Gasteiger partial charge is 0.250 e. The maximum atomic E-state index is 13.3.